The maximum absolute atomic E-state index is 14.2. The SMILES string of the molecule is CCCCCC[Si]1(CCCCCC)c2cc(/C=C/c3ccc(N(C)C)cc3)sc2-c2sc3c(c21)[Si](CCCCCC)(CCCCCC)c1cc(C2=C(C#N)C(=C(C#N)C#N)N(C)C2=O)sc1-3. The third-order valence-electron chi connectivity index (χ3n) is 14.6. The van der Waals surface area contributed by atoms with Crippen molar-refractivity contribution >= 4 is 100 Å². The van der Waals surface area contributed by atoms with Crippen molar-refractivity contribution in [2.24, 2.45) is 0 Å². The number of amides is 1. The van der Waals surface area contributed by atoms with Crippen molar-refractivity contribution in [2.45, 2.75) is 155 Å². The third-order valence-corrected chi connectivity index (χ3v) is 30.0. The Hall–Kier alpha value is -4.29. The Morgan fingerprint density at radius 2 is 1.12 bits per heavy atom. The van der Waals surface area contributed by atoms with E-state index >= 15 is 0 Å². The number of benzene rings is 1. The first-order valence-electron chi connectivity index (χ1n) is 25.0. The Morgan fingerprint density at radius 3 is 1.58 bits per heavy atom. The molecule has 1 amide bonds. The van der Waals surface area contributed by atoms with Crippen molar-refractivity contribution in [3.05, 3.63) is 68.6 Å². The molecule has 6 nitrogen and oxygen atoms in total. The minimum atomic E-state index is -2.43. The van der Waals surface area contributed by atoms with Crippen LogP contribution in [0.1, 0.15) is 146 Å². The summed E-state index contributed by atoms with van der Waals surface area (Å²) in [5, 5.41) is 37.3. The molecule has 0 unspecified atom stereocenters. The molecule has 0 spiro atoms. The summed E-state index contributed by atoms with van der Waals surface area (Å²) >= 11 is 5.81. The van der Waals surface area contributed by atoms with Gasteiger partial charge in [-0.25, -0.2) is 0 Å². The normalized spacial score (nSPS) is 15.2. The Balaban J connectivity index is 1.48. The highest BCUT2D eigenvalue weighted by molar-refractivity contribution is 7.37. The Morgan fingerprint density at radius 1 is 0.636 bits per heavy atom. The molecule has 0 fully saturated rings. The number of thiophene rings is 3. The average Bonchev–Trinajstić information content (AvgIpc) is 4.16. The molecule has 66 heavy (non-hydrogen) atoms. The van der Waals surface area contributed by atoms with E-state index in [9.17, 15) is 20.6 Å². The lowest BCUT2D eigenvalue weighted by atomic mass is 10.1. The first kappa shape index (κ1) is 49.6. The summed E-state index contributed by atoms with van der Waals surface area (Å²) < 4.78 is 0. The number of hydrogen-bond donors (Lipinski definition) is 0. The monoisotopic (exact) mass is 967 g/mol. The van der Waals surface area contributed by atoms with E-state index in [2.05, 4.69) is 113 Å². The largest absolute Gasteiger partial charge is 0.378 e. The van der Waals surface area contributed by atoms with E-state index in [-0.39, 0.29) is 22.8 Å². The van der Waals surface area contributed by atoms with Gasteiger partial charge in [0.2, 0.25) is 0 Å². The zero-order valence-electron chi connectivity index (χ0n) is 40.6. The number of fused-ring (bicyclic) bond motifs is 7. The van der Waals surface area contributed by atoms with Crippen LogP contribution in [0, 0.1) is 34.0 Å². The third kappa shape index (κ3) is 9.31. The van der Waals surface area contributed by atoms with Gasteiger partial charge in [-0.1, -0.05) is 149 Å². The van der Waals surface area contributed by atoms with Gasteiger partial charge < -0.3 is 9.80 Å². The number of nitrogens with zero attached hydrogens (tertiary/aromatic N) is 5. The van der Waals surface area contributed by atoms with Crippen LogP contribution in [-0.2, 0) is 4.79 Å². The summed E-state index contributed by atoms with van der Waals surface area (Å²) in [4.78, 5) is 25.9. The van der Waals surface area contributed by atoms with E-state index in [0.717, 1.165) is 4.88 Å². The molecule has 3 aromatic heterocycles. The van der Waals surface area contributed by atoms with E-state index in [0.29, 0.717) is 5.57 Å². The van der Waals surface area contributed by atoms with E-state index in [4.69, 9.17) is 0 Å². The van der Waals surface area contributed by atoms with Crippen LogP contribution < -0.4 is 25.6 Å². The van der Waals surface area contributed by atoms with Crippen molar-refractivity contribution in [1.29, 1.82) is 15.8 Å². The first-order chi connectivity index (χ1) is 32.1. The average molecular weight is 969 g/mol. The summed E-state index contributed by atoms with van der Waals surface area (Å²) in [7, 11) is 1.07. The number of rotatable bonds is 24. The fourth-order valence-corrected chi connectivity index (χ4v) is 30.6. The van der Waals surface area contributed by atoms with Gasteiger partial charge in [0.25, 0.3) is 5.91 Å². The van der Waals surface area contributed by atoms with Crippen LogP contribution >= 0.6 is 34.0 Å². The van der Waals surface area contributed by atoms with Gasteiger partial charge in [0.1, 0.15) is 34.4 Å². The predicted octanol–water partition coefficient (Wildman–Crippen LogP) is 13.6. The summed E-state index contributed by atoms with van der Waals surface area (Å²) in [6.07, 6.45) is 24.6. The van der Waals surface area contributed by atoms with Crippen molar-refractivity contribution in [3.63, 3.8) is 0 Å². The molecule has 0 saturated carbocycles. The van der Waals surface area contributed by atoms with Gasteiger partial charge in [-0.15, -0.1) is 34.0 Å². The molecule has 0 bridgehead atoms. The molecule has 0 aliphatic carbocycles. The van der Waals surface area contributed by atoms with E-state index in [1.807, 2.05) is 28.7 Å². The van der Waals surface area contributed by atoms with Gasteiger partial charge in [0.05, 0.1) is 16.8 Å². The molecular weight excluding hydrogens is 899 g/mol. The van der Waals surface area contributed by atoms with E-state index < -0.39 is 16.1 Å². The van der Waals surface area contributed by atoms with Gasteiger partial charge in [-0.05, 0) is 80.8 Å². The highest BCUT2D eigenvalue weighted by atomic mass is 32.1. The molecular formula is C55H69N5OS3Si2. The van der Waals surface area contributed by atoms with Gasteiger partial charge in [-0.2, -0.15) is 15.8 Å². The van der Waals surface area contributed by atoms with Crippen LogP contribution in [0.15, 0.2) is 53.2 Å². The van der Waals surface area contributed by atoms with E-state index in [1.165, 1.54) is 163 Å². The Kier molecular flexibility index (Phi) is 16.7. The van der Waals surface area contributed by atoms with Crippen molar-refractivity contribution in [3.8, 4) is 37.7 Å². The molecule has 3 aliphatic heterocycles. The van der Waals surface area contributed by atoms with Crippen LogP contribution in [-0.4, -0.2) is 48.1 Å². The van der Waals surface area contributed by atoms with Crippen LogP contribution in [0.3, 0.4) is 0 Å². The number of carbonyl (C=O) groups excluding carboxylic acids is 1. The van der Waals surface area contributed by atoms with Crippen molar-refractivity contribution in [1.82, 2.24) is 4.90 Å². The molecule has 346 valence electrons. The molecule has 0 radical (unpaired) electrons. The molecule has 3 aliphatic rings. The number of hydrogen-bond acceptors (Lipinski definition) is 8. The second-order valence-corrected chi connectivity index (χ2v) is 30.7. The minimum absolute atomic E-state index is 0.136. The fraction of sp³-hybridized carbons (Fsp3) is 0.491. The Bertz CT molecular complexity index is 2580. The van der Waals surface area contributed by atoms with Gasteiger partial charge in [-0.3, -0.25) is 4.79 Å². The zero-order valence-corrected chi connectivity index (χ0v) is 45.1. The first-order valence-corrected chi connectivity index (χ1v) is 32.3. The fourth-order valence-electron chi connectivity index (χ4n) is 11.2. The predicted molar refractivity (Wildman–Crippen MR) is 290 cm³/mol. The minimum Gasteiger partial charge on any atom is -0.378 e. The zero-order chi connectivity index (χ0) is 47.0. The maximum Gasteiger partial charge on any atom is 0.260 e. The molecule has 0 atom stereocenters. The number of anilines is 1. The quantitative estimate of drug-likeness (QED) is 0.0396. The second kappa shape index (κ2) is 22.2. The smallest absolute Gasteiger partial charge is 0.260 e. The number of carbonyl (C=O) groups is 1. The summed E-state index contributed by atoms with van der Waals surface area (Å²) in [6.45, 7) is 9.29. The van der Waals surface area contributed by atoms with Crippen LogP contribution in [0.25, 0.3) is 37.2 Å². The number of nitriles is 3. The lowest BCUT2D eigenvalue weighted by Gasteiger charge is -2.36. The lowest BCUT2D eigenvalue weighted by Crippen LogP contribution is -2.67. The summed E-state index contributed by atoms with van der Waals surface area (Å²) in [6, 6.07) is 25.2. The lowest BCUT2D eigenvalue weighted by molar-refractivity contribution is -0.121. The number of likely N-dealkylation sites (N-methyl/N-ethyl adjacent to an activating group) is 1. The van der Waals surface area contributed by atoms with Crippen LogP contribution in [0.5, 0.6) is 0 Å². The van der Waals surface area contributed by atoms with Gasteiger partial charge in [0.15, 0.2) is 5.57 Å². The number of allylic oxidation sites excluding steroid dienone is 2. The maximum atomic E-state index is 14.2. The van der Waals surface area contributed by atoms with Crippen LogP contribution in [0.2, 0.25) is 24.2 Å². The van der Waals surface area contributed by atoms with Gasteiger partial charge in [0, 0.05) is 56.1 Å². The van der Waals surface area contributed by atoms with Gasteiger partial charge >= 0.3 is 0 Å². The Labute approximate surface area is 410 Å². The molecule has 6 heterocycles. The highest BCUT2D eigenvalue weighted by Gasteiger charge is 2.57. The summed E-state index contributed by atoms with van der Waals surface area (Å²) in [5.41, 5.74) is 2.86. The van der Waals surface area contributed by atoms with Crippen molar-refractivity contribution < 1.29 is 4.79 Å². The molecule has 11 heteroatoms. The number of unbranched alkanes of at least 4 members (excludes halogenated alkanes) is 12. The molecule has 0 N–H and O–H groups in total. The standard InChI is InChI=1S/C55H69N5OS3Si2/c1-8-12-16-20-30-65(31-21-17-13-9-2)45-34-42(29-26-39-24-27-41(28-25-39)59(5)6)62-49(45)51-53(65)54-52(64-51)50-46(66(54,32-22-18-14-10-3)33-23-19-15-11-4)35-44(63-50)47-43(38-58)48(40(36-56)37-57)60(7)55(47)61/h24-29,34-35H,8-23,30-33H2,1-7H3/b29-26+. The van der Waals surface area contributed by atoms with Crippen LogP contribution in [0.4, 0.5) is 5.69 Å². The van der Waals surface area contributed by atoms with Crippen molar-refractivity contribution in [2.75, 3.05) is 26.0 Å². The molecule has 0 saturated heterocycles. The topological polar surface area (TPSA) is 94.9 Å². The molecule has 1 aromatic carbocycles. The highest BCUT2D eigenvalue weighted by Crippen LogP contribution is 2.52. The molecule has 4 aromatic rings. The molecule has 7 rings (SSSR count). The van der Waals surface area contributed by atoms with E-state index in [1.54, 1.807) is 38.5 Å². The second-order valence-electron chi connectivity index (χ2n) is 19.2. The summed E-state index contributed by atoms with van der Waals surface area (Å²) in [5.74, 6) is -0.306.